The Morgan fingerprint density at radius 1 is 1.17 bits per heavy atom. The summed E-state index contributed by atoms with van der Waals surface area (Å²) >= 11 is 0. The lowest BCUT2D eigenvalue weighted by Crippen LogP contribution is -2.07. The molecule has 1 aromatic rings. The van der Waals surface area contributed by atoms with Gasteiger partial charge in [0.1, 0.15) is 0 Å². The van der Waals surface area contributed by atoms with Crippen molar-refractivity contribution < 1.29 is 0 Å². The summed E-state index contributed by atoms with van der Waals surface area (Å²) in [5.74, 6) is 5.20. The highest BCUT2D eigenvalue weighted by atomic mass is 15.1. The summed E-state index contributed by atoms with van der Waals surface area (Å²) in [6.07, 6.45) is 4.86. The van der Waals surface area contributed by atoms with Crippen LogP contribution in [0.5, 0.6) is 0 Å². The van der Waals surface area contributed by atoms with Crippen LogP contribution >= 0.6 is 0 Å². The predicted molar refractivity (Wildman–Crippen MR) is 50.8 cm³/mol. The Morgan fingerprint density at radius 2 is 2.00 bits per heavy atom. The van der Waals surface area contributed by atoms with E-state index >= 15 is 0 Å². The number of hydrazone groups is 1. The average Bonchev–Trinajstić information content (AvgIpc) is 2.17. The first kappa shape index (κ1) is 7.10. The lowest BCUT2D eigenvalue weighted by molar-refractivity contribution is 1.19. The van der Waals surface area contributed by atoms with Crippen LogP contribution in [0.25, 0.3) is 6.08 Å². The molecule has 0 aliphatic heterocycles. The number of hydrogen-bond acceptors (Lipinski definition) is 2. The number of rotatable bonds is 0. The van der Waals surface area contributed by atoms with Crippen LogP contribution in [0.2, 0.25) is 0 Å². The maximum atomic E-state index is 5.20. The summed E-state index contributed by atoms with van der Waals surface area (Å²) < 4.78 is 0. The van der Waals surface area contributed by atoms with Crippen LogP contribution in [0, 0.1) is 0 Å². The van der Waals surface area contributed by atoms with E-state index in [0.717, 1.165) is 12.1 Å². The van der Waals surface area contributed by atoms with Crippen molar-refractivity contribution in [2.45, 2.75) is 6.42 Å². The molecular weight excluding hydrogens is 148 g/mol. The minimum atomic E-state index is 0.850. The number of allylic oxidation sites excluding steroid dienone is 1. The second kappa shape index (κ2) is 2.81. The molecule has 1 aliphatic rings. The molecule has 0 unspecified atom stereocenters. The molecule has 2 nitrogen and oxygen atoms in total. The molecule has 0 atom stereocenters. The third-order valence-corrected chi connectivity index (χ3v) is 2.05. The topological polar surface area (TPSA) is 38.4 Å². The molecule has 0 aromatic heterocycles. The van der Waals surface area contributed by atoms with Crippen LogP contribution < -0.4 is 5.84 Å². The average molecular weight is 158 g/mol. The standard InChI is InChI=1S/C10H10N2/c11-12-10-6-5-8-3-1-2-4-9(8)7-10/h1-6H,7,11H2. The summed E-state index contributed by atoms with van der Waals surface area (Å²) in [7, 11) is 0. The number of fused-ring (bicyclic) bond motifs is 1. The molecule has 0 fully saturated rings. The van der Waals surface area contributed by atoms with Crippen molar-refractivity contribution in [2.24, 2.45) is 10.9 Å². The van der Waals surface area contributed by atoms with E-state index in [1.54, 1.807) is 0 Å². The third-order valence-electron chi connectivity index (χ3n) is 2.05. The summed E-state index contributed by atoms with van der Waals surface area (Å²) in [5, 5.41) is 3.68. The summed E-state index contributed by atoms with van der Waals surface area (Å²) in [6.45, 7) is 0. The smallest absolute Gasteiger partial charge is 0.0644 e. The van der Waals surface area contributed by atoms with Gasteiger partial charge >= 0.3 is 0 Å². The Balaban J connectivity index is 2.46. The van der Waals surface area contributed by atoms with Gasteiger partial charge in [0.25, 0.3) is 0 Å². The Morgan fingerprint density at radius 3 is 2.83 bits per heavy atom. The zero-order valence-electron chi connectivity index (χ0n) is 6.70. The van der Waals surface area contributed by atoms with Gasteiger partial charge in [-0.3, -0.25) is 0 Å². The van der Waals surface area contributed by atoms with Gasteiger partial charge < -0.3 is 5.84 Å². The van der Waals surface area contributed by atoms with Gasteiger partial charge in [0.05, 0.1) is 5.71 Å². The normalized spacial score (nSPS) is 17.8. The van der Waals surface area contributed by atoms with Gasteiger partial charge in [0, 0.05) is 6.42 Å². The Kier molecular flexibility index (Phi) is 1.67. The molecule has 2 rings (SSSR count). The monoisotopic (exact) mass is 158 g/mol. The molecule has 0 spiro atoms. The molecule has 2 N–H and O–H groups in total. The van der Waals surface area contributed by atoms with Crippen molar-refractivity contribution in [1.29, 1.82) is 0 Å². The van der Waals surface area contributed by atoms with Crippen LogP contribution in [-0.2, 0) is 6.42 Å². The molecule has 0 amide bonds. The van der Waals surface area contributed by atoms with Gasteiger partial charge in [-0.1, -0.05) is 30.3 Å². The van der Waals surface area contributed by atoms with E-state index in [4.69, 9.17) is 5.84 Å². The highest BCUT2D eigenvalue weighted by Gasteiger charge is 2.06. The quantitative estimate of drug-likeness (QED) is 0.451. The molecule has 1 aromatic carbocycles. The first-order chi connectivity index (χ1) is 5.90. The molecule has 0 heterocycles. The zero-order valence-corrected chi connectivity index (χ0v) is 6.70. The second-order valence-corrected chi connectivity index (χ2v) is 2.83. The van der Waals surface area contributed by atoms with Crippen molar-refractivity contribution in [3.63, 3.8) is 0 Å². The maximum Gasteiger partial charge on any atom is 0.0644 e. The highest BCUT2D eigenvalue weighted by molar-refractivity contribution is 6.02. The van der Waals surface area contributed by atoms with Crippen molar-refractivity contribution in [1.82, 2.24) is 0 Å². The van der Waals surface area contributed by atoms with Crippen molar-refractivity contribution in [2.75, 3.05) is 0 Å². The van der Waals surface area contributed by atoms with Crippen LogP contribution in [-0.4, -0.2) is 5.71 Å². The fourth-order valence-corrected chi connectivity index (χ4v) is 1.39. The predicted octanol–water partition coefficient (Wildman–Crippen LogP) is 1.57. The van der Waals surface area contributed by atoms with Gasteiger partial charge in [-0.2, -0.15) is 5.10 Å². The Labute approximate surface area is 71.4 Å². The van der Waals surface area contributed by atoms with E-state index in [1.165, 1.54) is 11.1 Å². The Bertz CT molecular complexity index is 351. The molecule has 0 bridgehead atoms. The summed E-state index contributed by atoms with van der Waals surface area (Å²) in [4.78, 5) is 0. The molecule has 2 heteroatoms. The van der Waals surface area contributed by atoms with Gasteiger partial charge in [-0.25, -0.2) is 0 Å². The summed E-state index contributed by atoms with van der Waals surface area (Å²) in [5.41, 5.74) is 3.50. The fourth-order valence-electron chi connectivity index (χ4n) is 1.39. The molecule has 12 heavy (non-hydrogen) atoms. The van der Waals surface area contributed by atoms with E-state index < -0.39 is 0 Å². The lowest BCUT2D eigenvalue weighted by Gasteiger charge is -2.10. The van der Waals surface area contributed by atoms with E-state index in [9.17, 15) is 0 Å². The largest absolute Gasteiger partial charge is 0.323 e. The minimum absolute atomic E-state index is 0.850. The molecule has 0 radical (unpaired) electrons. The van der Waals surface area contributed by atoms with E-state index in [0.29, 0.717) is 0 Å². The molecule has 0 saturated carbocycles. The Hall–Kier alpha value is -1.57. The molecule has 0 saturated heterocycles. The van der Waals surface area contributed by atoms with Gasteiger partial charge in [0.2, 0.25) is 0 Å². The molecular formula is C10H10N2. The third kappa shape index (κ3) is 1.11. The van der Waals surface area contributed by atoms with Crippen LogP contribution in [0.4, 0.5) is 0 Å². The maximum absolute atomic E-state index is 5.20. The van der Waals surface area contributed by atoms with Crippen molar-refractivity contribution in [3.05, 3.63) is 41.5 Å². The zero-order chi connectivity index (χ0) is 8.39. The lowest BCUT2D eigenvalue weighted by atomic mass is 9.96. The van der Waals surface area contributed by atoms with E-state index in [1.807, 2.05) is 24.3 Å². The number of nitrogens with two attached hydrogens (primary N) is 1. The molecule has 1 aliphatic carbocycles. The number of benzene rings is 1. The number of nitrogens with zero attached hydrogens (tertiary/aromatic N) is 1. The van der Waals surface area contributed by atoms with Crippen LogP contribution in [0.15, 0.2) is 35.4 Å². The fraction of sp³-hybridized carbons (Fsp3) is 0.100. The first-order valence-electron chi connectivity index (χ1n) is 3.93. The van der Waals surface area contributed by atoms with Crippen molar-refractivity contribution in [3.8, 4) is 0 Å². The number of hydrogen-bond donors (Lipinski definition) is 1. The van der Waals surface area contributed by atoms with E-state index in [2.05, 4.69) is 17.2 Å². The van der Waals surface area contributed by atoms with E-state index in [-0.39, 0.29) is 0 Å². The van der Waals surface area contributed by atoms with Gasteiger partial charge in [-0.15, -0.1) is 0 Å². The van der Waals surface area contributed by atoms with Gasteiger partial charge in [-0.05, 0) is 17.2 Å². The van der Waals surface area contributed by atoms with Crippen LogP contribution in [0.3, 0.4) is 0 Å². The minimum Gasteiger partial charge on any atom is -0.323 e. The SMILES string of the molecule is NN=C1C=Cc2ccccc2C1. The highest BCUT2D eigenvalue weighted by Crippen LogP contribution is 2.16. The first-order valence-corrected chi connectivity index (χ1v) is 3.93. The van der Waals surface area contributed by atoms with Crippen LogP contribution in [0.1, 0.15) is 11.1 Å². The second-order valence-electron chi connectivity index (χ2n) is 2.83. The summed E-state index contributed by atoms with van der Waals surface area (Å²) in [6, 6.07) is 8.27. The molecule has 60 valence electrons. The van der Waals surface area contributed by atoms with Gasteiger partial charge in [0.15, 0.2) is 0 Å². The van der Waals surface area contributed by atoms with Crippen molar-refractivity contribution >= 4 is 11.8 Å².